The number of piperidine rings is 1. The van der Waals surface area contributed by atoms with E-state index in [0.29, 0.717) is 19.0 Å². The molecular weight excluding hydrogens is 268 g/mol. The number of amides is 1. The van der Waals surface area contributed by atoms with Gasteiger partial charge in [0.2, 0.25) is 5.91 Å². The molecule has 6 nitrogen and oxygen atoms in total. The second-order valence-electron chi connectivity index (χ2n) is 5.54. The molecule has 2 atom stereocenters. The molecule has 1 fully saturated rings. The van der Waals surface area contributed by atoms with E-state index >= 15 is 0 Å². The standard InChI is InChI=1S/C15H26N4O2/c1-3-14-17-6-8-19(14)12-5-4-7-18(11-12)15(20)9-13(10-16)21-2/h6,8,12-13H,3-5,7,9-11,16H2,1-2H3. The highest BCUT2D eigenvalue weighted by molar-refractivity contribution is 5.76. The lowest BCUT2D eigenvalue weighted by atomic mass is 10.0. The first-order valence-electron chi connectivity index (χ1n) is 7.71. The van der Waals surface area contributed by atoms with Crippen LogP contribution in [0.3, 0.4) is 0 Å². The molecule has 21 heavy (non-hydrogen) atoms. The van der Waals surface area contributed by atoms with E-state index in [4.69, 9.17) is 10.5 Å². The Kier molecular flexibility index (Phi) is 5.76. The number of ether oxygens (including phenoxy) is 1. The minimum atomic E-state index is -0.183. The van der Waals surface area contributed by atoms with Gasteiger partial charge in [0.1, 0.15) is 5.82 Å². The quantitative estimate of drug-likeness (QED) is 0.848. The molecule has 2 heterocycles. The number of nitrogens with zero attached hydrogens (tertiary/aromatic N) is 3. The summed E-state index contributed by atoms with van der Waals surface area (Å²) in [5.41, 5.74) is 5.60. The summed E-state index contributed by atoms with van der Waals surface area (Å²) in [7, 11) is 1.60. The summed E-state index contributed by atoms with van der Waals surface area (Å²) >= 11 is 0. The van der Waals surface area contributed by atoms with Crippen LogP contribution in [-0.4, -0.2) is 53.2 Å². The smallest absolute Gasteiger partial charge is 0.225 e. The number of carbonyl (C=O) groups is 1. The summed E-state index contributed by atoms with van der Waals surface area (Å²) in [4.78, 5) is 18.7. The van der Waals surface area contributed by atoms with Gasteiger partial charge in [0.15, 0.2) is 0 Å². The fourth-order valence-corrected chi connectivity index (χ4v) is 2.95. The molecule has 0 saturated carbocycles. The lowest BCUT2D eigenvalue weighted by molar-refractivity contribution is -0.135. The van der Waals surface area contributed by atoms with Crippen LogP contribution in [0.25, 0.3) is 0 Å². The van der Waals surface area contributed by atoms with Gasteiger partial charge in [-0.2, -0.15) is 0 Å². The normalized spacial score (nSPS) is 20.5. The zero-order chi connectivity index (χ0) is 15.2. The van der Waals surface area contributed by atoms with Gasteiger partial charge in [-0.1, -0.05) is 6.92 Å². The van der Waals surface area contributed by atoms with E-state index in [1.165, 1.54) is 0 Å². The van der Waals surface area contributed by atoms with Crippen molar-refractivity contribution in [2.24, 2.45) is 5.73 Å². The van der Waals surface area contributed by atoms with Gasteiger partial charge < -0.3 is 19.9 Å². The molecule has 1 aromatic heterocycles. The number of hydrogen-bond donors (Lipinski definition) is 1. The number of imidazole rings is 1. The lowest BCUT2D eigenvalue weighted by Gasteiger charge is -2.34. The van der Waals surface area contributed by atoms with Gasteiger partial charge in [0.25, 0.3) is 0 Å². The zero-order valence-corrected chi connectivity index (χ0v) is 13.0. The van der Waals surface area contributed by atoms with E-state index in [-0.39, 0.29) is 12.0 Å². The molecule has 0 spiro atoms. The van der Waals surface area contributed by atoms with Crippen LogP contribution >= 0.6 is 0 Å². The molecular formula is C15H26N4O2. The van der Waals surface area contributed by atoms with Crippen molar-refractivity contribution in [2.75, 3.05) is 26.7 Å². The average molecular weight is 294 g/mol. The van der Waals surface area contributed by atoms with Gasteiger partial charge in [0, 0.05) is 45.6 Å². The molecule has 1 aliphatic rings. The van der Waals surface area contributed by atoms with Crippen LogP contribution in [0.5, 0.6) is 0 Å². The maximum Gasteiger partial charge on any atom is 0.225 e. The van der Waals surface area contributed by atoms with Crippen LogP contribution in [0.15, 0.2) is 12.4 Å². The maximum absolute atomic E-state index is 12.4. The lowest BCUT2D eigenvalue weighted by Crippen LogP contribution is -2.43. The minimum absolute atomic E-state index is 0.134. The van der Waals surface area contributed by atoms with Crippen molar-refractivity contribution in [1.82, 2.24) is 14.5 Å². The molecule has 0 bridgehead atoms. The zero-order valence-electron chi connectivity index (χ0n) is 13.0. The first-order chi connectivity index (χ1) is 10.2. The second-order valence-corrected chi connectivity index (χ2v) is 5.54. The molecule has 1 saturated heterocycles. The summed E-state index contributed by atoms with van der Waals surface area (Å²) in [5, 5.41) is 0. The van der Waals surface area contributed by atoms with Crippen molar-refractivity contribution >= 4 is 5.91 Å². The van der Waals surface area contributed by atoms with E-state index in [0.717, 1.165) is 38.2 Å². The largest absolute Gasteiger partial charge is 0.380 e. The van der Waals surface area contributed by atoms with Gasteiger partial charge >= 0.3 is 0 Å². The van der Waals surface area contributed by atoms with E-state index in [1.54, 1.807) is 7.11 Å². The third kappa shape index (κ3) is 3.83. The van der Waals surface area contributed by atoms with E-state index in [1.807, 2.05) is 17.3 Å². The van der Waals surface area contributed by atoms with Gasteiger partial charge in [0.05, 0.1) is 18.6 Å². The van der Waals surface area contributed by atoms with Crippen molar-refractivity contribution < 1.29 is 9.53 Å². The average Bonchev–Trinajstić information content (AvgIpc) is 3.01. The summed E-state index contributed by atoms with van der Waals surface area (Å²) in [6.45, 7) is 4.06. The van der Waals surface area contributed by atoms with Crippen LogP contribution in [-0.2, 0) is 16.0 Å². The van der Waals surface area contributed by atoms with E-state index in [2.05, 4.69) is 16.5 Å². The van der Waals surface area contributed by atoms with Gasteiger partial charge in [-0.3, -0.25) is 4.79 Å². The van der Waals surface area contributed by atoms with E-state index < -0.39 is 0 Å². The Morgan fingerprint density at radius 2 is 2.43 bits per heavy atom. The summed E-state index contributed by atoms with van der Waals surface area (Å²) < 4.78 is 7.43. The van der Waals surface area contributed by atoms with Crippen molar-refractivity contribution in [2.45, 2.75) is 44.8 Å². The fraction of sp³-hybridized carbons (Fsp3) is 0.733. The molecule has 1 aliphatic heterocycles. The number of hydrogen-bond acceptors (Lipinski definition) is 4. The van der Waals surface area contributed by atoms with Crippen molar-refractivity contribution in [3.05, 3.63) is 18.2 Å². The SMILES string of the molecule is CCc1nccn1C1CCCN(C(=O)CC(CN)OC)C1. The third-order valence-corrected chi connectivity index (χ3v) is 4.21. The van der Waals surface area contributed by atoms with Crippen molar-refractivity contribution in [1.29, 1.82) is 0 Å². The summed E-state index contributed by atoms with van der Waals surface area (Å²) in [6.07, 6.45) is 7.08. The predicted molar refractivity (Wildman–Crippen MR) is 80.9 cm³/mol. The molecule has 2 unspecified atom stereocenters. The topological polar surface area (TPSA) is 73.4 Å². The van der Waals surface area contributed by atoms with Gasteiger partial charge in [-0.05, 0) is 12.8 Å². The van der Waals surface area contributed by atoms with Crippen LogP contribution in [0.1, 0.15) is 38.1 Å². The van der Waals surface area contributed by atoms with Crippen LogP contribution in [0, 0.1) is 0 Å². The Balaban J connectivity index is 1.99. The molecule has 2 rings (SSSR count). The first kappa shape index (κ1) is 16.0. The Morgan fingerprint density at radius 3 is 3.10 bits per heavy atom. The number of aromatic nitrogens is 2. The Bertz CT molecular complexity index is 456. The number of likely N-dealkylation sites (tertiary alicyclic amines) is 1. The highest BCUT2D eigenvalue weighted by atomic mass is 16.5. The Morgan fingerprint density at radius 1 is 1.62 bits per heavy atom. The number of carbonyl (C=O) groups excluding carboxylic acids is 1. The monoisotopic (exact) mass is 294 g/mol. The number of nitrogens with two attached hydrogens (primary N) is 1. The van der Waals surface area contributed by atoms with Crippen molar-refractivity contribution in [3.63, 3.8) is 0 Å². The van der Waals surface area contributed by atoms with Crippen LogP contribution in [0.4, 0.5) is 0 Å². The predicted octanol–water partition coefficient (Wildman–Crippen LogP) is 0.973. The van der Waals surface area contributed by atoms with Gasteiger partial charge in [-0.15, -0.1) is 0 Å². The number of rotatable bonds is 6. The van der Waals surface area contributed by atoms with E-state index in [9.17, 15) is 4.79 Å². The fourth-order valence-electron chi connectivity index (χ4n) is 2.95. The number of methoxy groups -OCH3 is 1. The summed E-state index contributed by atoms with van der Waals surface area (Å²) in [5.74, 6) is 1.22. The molecule has 2 N–H and O–H groups in total. The summed E-state index contributed by atoms with van der Waals surface area (Å²) in [6, 6.07) is 0.332. The molecule has 1 amide bonds. The number of aryl methyl sites for hydroxylation is 1. The third-order valence-electron chi connectivity index (χ3n) is 4.21. The molecule has 0 aliphatic carbocycles. The first-order valence-corrected chi connectivity index (χ1v) is 7.71. The Labute approximate surface area is 126 Å². The molecule has 118 valence electrons. The maximum atomic E-state index is 12.4. The molecule has 0 aromatic carbocycles. The van der Waals surface area contributed by atoms with Crippen LogP contribution < -0.4 is 5.73 Å². The molecule has 0 radical (unpaired) electrons. The van der Waals surface area contributed by atoms with Crippen molar-refractivity contribution in [3.8, 4) is 0 Å². The molecule has 6 heteroatoms. The highest BCUT2D eigenvalue weighted by Gasteiger charge is 2.26. The minimum Gasteiger partial charge on any atom is -0.380 e. The van der Waals surface area contributed by atoms with Crippen LogP contribution in [0.2, 0.25) is 0 Å². The van der Waals surface area contributed by atoms with Gasteiger partial charge in [-0.25, -0.2) is 4.98 Å². The Hall–Kier alpha value is -1.40. The highest BCUT2D eigenvalue weighted by Crippen LogP contribution is 2.23. The second kappa shape index (κ2) is 7.56. The molecule has 1 aromatic rings.